The summed E-state index contributed by atoms with van der Waals surface area (Å²) < 4.78 is 22.7. The summed E-state index contributed by atoms with van der Waals surface area (Å²) in [5, 5.41) is 0. The molecule has 0 heterocycles. The number of hydrogen-bond acceptors (Lipinski definition) is 3. The molecule has 0 atom stereocenters. The van der Waals surface area contributed by atoms with E-state index in [9.17, 15) is 13.2 Å². The van der Waals surface area contributed by atoms with E-state index in [4.69, 9.17) is 0 Å². The van der Waals surface area contributed by atoms with Gasteiger partial charge in [-0.3, -0.25) is 4.79 Å². The molecule has 0 aromatic heterocycles. The van der Waals surface area contributed by atoms with Crippen molar-refractivity contribution >= 4 is 15.6 Å². The molecule has 13 heavy (non-hydrogen) atoms. The molecular formula is C9H18O3S. The summed E-state index contributed by atoms with van der Waals surface area (Å²) in [4.78, 5) is 11.2. The SMILES string of the molecule is CC(C)CS(=O)(=O)CC(=O)C(C)C. The molecule has 0 aliphatic carbocycles. The van der Waals surface area contributed by atoms with Gasteiger partial charge >= 0.3 is 0 Å². The first-order chi connectivity index (χ1) is 5.74. The molecule has 0 aromatic rings. The van der Waals surface area contributed by atoms with Crippen LogP contribution in [0.4, 0.5) is 0 Å². The molecular weight excluding hydrogens is 188 g/mol. The first-order valence-corrected chi connectivity index (χ1v) is 6.30. The quantitative estimate of drug-likeness (QED) is 0.681. The number of hydrogen-bond donors (Lipinski definition) is 0. The Balaban J connectivity index is 4.27. The van der Waals surface area contributed by atoms with Crippen LogP contribution in [0.15, 0.2) is 0 Å². The van der Waals surface area contributed by atoms with E-state index in [1.807, 2.05) is 13.8 Å². The number of rotatable bonds is 5. The zero-order valence-corrected chi connectivity index (χ0v) is 9.52. The minimum Gasteiger partial charge on any atom is -0.298 e. The molecule has 0 spiro atoms. The minimum atomic E-state index is -3.17. The van der Waals surface area contributed by atoms with Crippen LogP contribution < -0.4 is 0 Å². The largest absolute Gasteiger partial charge is 0.298 e. The van der Waals surface area contributed by atoms with Crippen molar-refractivity contribution in [1.29, 1.82) is 0 Å². The van der Waals surface area contributed by atoms with Gasteiger partial charge in [0.05, 0.1) is 5.75 Å². The first kappa shape index (κ1) is 12.6. The van der Waals surface area contributed by atoms with Crippen LogP contribution in [-0.2, 0) is 14.6 Å². The van der Waals surface area contributed by atoms with Gasteiger partial charge in [-0.25, -0.2) is 8.42 Å². The maximum atomic E-state index is 11.3. The van der Waals surface area contributed by atoms with Crippen molar-refractivity contribution < 1.29 is 13.2 Å². The van der Waals surface area contributed by atoms with Gasteiger partial charge in [-0.1, -0.05) is 27.7 Å². The summed E-state index contributed by atoms with van der Waals surface area (Å²) in [7, 11) is -3.17. The second-order valence-electron chi connectivity index (χ2n) is 4.07. The maximum Gasteiger partial charge on any atom is 0.157 e. The highest BCUT2D eigenvalue weighted by atomic mass is 32.2. The molecule has 0 bridgehead atoms. The molecule has 0 aliphatic heterocycles. The molecule has 3 nitrogen and oxygen atoms in total. The second kappa shape index (κ2) is 4.74. The monoisotopic (exact) mass is 206 g/mol. The molecule has 0 saturated carbocycles. The molecule has 0 aromatic carbocycles. The summed E-state index contributed by atoms with van der Waals surface area (Å²) in [5.41, 5.74) is 0. The third-order valence-corrected chi connectivity index (χ3v) is 3.49. The van der Waals surface area contributed by atoms with Crippen LogP contribution in [-0.4, -0.2) is 25.7 Å². The highest BCUT2D eigenvalue weighted by molar-refractivity contribution is 7.92. The van der Waals surface area contributed by atoms with E-state index in [0.717, 1.165) is 0 Å². The van der Waals surface area contributed by atoms with Crippen LogP contribution in [0, 0.1) is 11.8 Å². The lowest BCUT2D eigenvalue weighted by molar-refractivity contribution is -0.119. The Kier molecular flexibility index (Phi) is 4.61. The lowest BCUT2D eigenvalue weighted by Crippen LogP contribution is -2.24. The molecule has 0 saturated heterocycles. The van der Waals surface area contributed by atoms with Crippen molar-refractivity contribution in [1.82, 2.24) is 0 Å². The van der Waals surface area contributed by atoms with Gasteiger partial charge in [0.15, 0.2) is 9.84 Å². The topological polar surface area (TPSA) is 51.2 Å². The van der Waals surface area contributed by atoms with E-state index in [0.29, 0.717) is 0 Å². The van der Waals surface area contributed by atoms with Gasteiger partial charge in [0, 0.05) is 5.92 Å². The van der Waals surface area contributed by atoms with E-state index < -0.39 is 9.84 Å². The maximum absolute atomic E-state index is 11.3. The third-order valence-electron chi connectivity index (χ3n) is 1.59. The van der Waals surface area contributed by atoms with E-state index in [-0.39, 0.29) is 29.1 Å². The highest BCUT2D eigenvalue weighted by Crippen LogP contribution is 2.04. The Morgan fingerprint density at radius 3 is 1.92 bits per heavy atom. The lowest BCUT2D eigenvalue weighted by Gasteiger charge is -2.07. The Bertz CT molecular complexity index is 263. The van der Waals surface area contributed by atoms with Gasteiger partial charge in [-0.2, -0.15) is 0 Å². The Hall–Kier alpha value is -0.380. The number of carbonyl (C=O) groups is 1. The van der Waals surface area contributed by atoms with Gasteiger partial charge in [0.2, 0.25) is 0 Å². The highest BCUT2D eigenvalue weighted by Gasteiger charge is 2.19. The lowest BCUT2D eigenvalue weighted by atomic mass is 10.1. The second-order valence-corrected chi connectivity index (χ2v) is 6.18. The first-order valence-electron chi connectivity index (χ1n) is 4.47. The number of carbonyl (C=O) groups excluding carboxylic acids is 1. The predicted octanol–water partition coefficient (Wildman–Crippen LogP) is 1.28. The standard InChI is InChI=1S/C9H18O3S/c1-7(2)5-13(11,12)6-9(10)8(3)4/h7-8H,5-6H2,1-4H3. The van der Waals surface area contributed by atoms with Gasteiger partial charge in [0.1, 0.15) is 11.5 Å². The Morgan fingerprint density at radius 2 is 1.62 bits per heavy atom. The minimum absolute atomic E-state index is 0.0879. The van der Waals surface area contributed by atoms with Crippen LogP contribution in [0.5, 0.6) is 0 Å². The average Bonchev–Trinajstić information content (AvgIpc) is 1.81. The molecule has 0 aliphatic rings. The molecule has 0 rings (SSSR count). The van der Waals surface area contributed by atoms with E-state index in [1.165, 1.54) is 0 Å². The van der Waals surface area contributed by atoms with Gasteiger partial charge in [0.25, 0.3) is 0 Å². The van der Waals surface area contributed by atoms with Gasteiger partial charge < -0.3 is 0 Å². The average molecular weight is 206 g/mol. The molecule has 78 valence electrons. The number of sulfone groups is 1. The molecule has 4 heteroatoms. The van der Waals surface area contributed by atoms with Crippen molar-refractivity contribution in [3.8, 4) is 0 Å². The van der Waals surface area contributed by atoms with E-state index in [1.54, 1.807) is 13.8 Å². The van der Waals surface area contributed by atoms with Crippen molar-refractivity contribution in [3.63, 3.8) is 0 Å². The predicted molar refractivity (Wildman–Crippen MR) is 53.3 cm³/mol. The number of ketones is 1. The third kappa shape index (κ3) is 5.80. The Labute approximate surface area is 80.4 Å². The van der Waals surface area contributed by atoms with Crippen LogP contribution in [0.3, 0.4) is 0 Å². The van der Waals surface area contributed by atoms with Crippen molar-refractivity contribution in [2.24, 2.45) is 11.8 Å². The number of Topliss-reactive ketones (excluding diaryl/α,β-unsaturated/α-hetero) is 1. The van der Waals surface area contributed by atoms with Crippen LogP contribution in [0.25, 0.3) is 0 Å². The fourth-order valence-electron chi connectivity index (χ4n) is 0.950. The Morgan fingerprint density at radius 1 is 1.15 bits per heavy atom. The molecule has 0 fully saturated rings. The van der Waals surface area contributed by atoms with Crippen LogP contribution >= 0.6 is 0 Å². The summed E-state index contributed by atoms with van der Waals surface area (Å²) in [6.45, 7) is 7.09. The normalized spacial score (nSPS) is 12.5. The van der Waals surface area contributed by atoms with Gasteiger partial charge in [-0.05, 0) is 5.92 Å². The summed E-state index contributed by atoms with van der Waals surface area (Å²) in [6, 6.07) is 0. The zero-order chi connectivity index (χ0) is 10.6. The van der Waals surface area contributed by atoms with Crippen molar-refractivity contribution in [3.05, 3.63) is 0 Å². The van der Waals surface area contributed by atoms with E-state index >= 15 is 0 Å². The molecule has 0 radical (unpaired) electrons. The van der Waals surface area contributed by atoms with Crippen LogP contribution in [0.1, 0.15) is 27.7 Å². The molecule has 0 N–H and O–H groups in total. The van der Waals surface area contributed by atoms with Crippen LogP contribution in [0.2, 0.25) is 0 Å². The van der Waals surface area contributed by atoms with E-state index in [2.05, 4.69) is 0 Å². The summed E-state index contributed by atoms with van der Waals surface area (Å²) in [5.74, 6) is -0.499. The smallest absolute Gasteiger partial charge is 0.157 e. The summed E-state index contributed by atoms with van der Waals surface area (Å²) >= 11 is 0. The van der Waals surface area contributed by atoms with Gasteiger partial charge in [-0.15, -0.1) is 0 Å². The summed E-state index contributed by atoms with van der Waals surface area (Å²) in [6.07, 6.45) is 0. The molecule has 0 unspecified atom stereocenters. The zero-order valence-electron chi connectivity index (χ0n) is 8.70. The fourth-order valence-corrected chi connectivity index (χ4v) is 2.85. The molecule has 0 amide bonds. The fraction of sp³-hybridized carbons (Fsp3) is 0.889. The van der Waals surface area contributed by atoms with Crippen molar-refractivity contribution in [2.45, 2.75) is 27.7 Å². The van der Waals surface area contributed by atoms with Crippen molar-refractivity contribution in [2.75, 3.05) is 11.5 Å².